The highest BCUT2D eigenvalue weighted by Gasteiger charge is 2.41. The Morgan fingerprint density at radius 2 is 1.88 bits per heavy atom. The lowest BCUT2D eigenvalue weighted by Crippen LogP contribution is -2.47. The summed E-state index contributed by atoms with van der Waals surface area (Å²) in [7, 11) is 0. The zero-order valence-electron chi connectivity index (χ0n) is 23.3. The third-order valence-corrected chi connectivity index (χ3v) is 8.91. The molecule has 0 aliphatic carbocycles. The van der Waals surface area contributed by atoms with Gasteiger partial charge in [-0.05, 0) is 51.9 Å². The van der Waals surface area contributed by atoms with Gasteiger partial charge in [0.1, 0.15) is 18.1 Å². The fraction of sp³-hybridized carbons (Fsp3) is 0.643. The molecule has 4 aliphatic heterocycles. The number of halogens is 3. The second kappa shape index (κ2) is 10.7. The maximum Gasteiger partial charge on any atom is 0.522 e. The van der Waals surface area contributed by atoms with Crippen LogP contribution in [0.3, 0.4) is 0 Å². The first kappa shape index (κ1) is 27.4. The van der Waals surface area contributed by atoms with Crippen LogP contribution >= 0.6 is 0 Å². The molecule has 3 aromatic rings. The van der Waals surface area contributed by atoms with Crippen molar-refractivity contribution in [3.05, 3.63) is 24.0 Å². The molecule has 0 saturated carbocycles. The summed E-state index contributed by atoms with van der Waals surface area (Å²) < 4.78 is 58.5. The van der Waals surface area contributed by atoms with E-state index in [-0.39, 0.29) is 42.9 Å². The van der Waals surface area contributed by atoms with Crippen molar-refractivity contribution >= 4 is 22.5 Å². The van der Waals surface area contributed by atoms with E-state index >= 15 is 0 Å². The van der Waals surface area contributed by atoms with E-state index in [1.165, 1.54) is 0 Å². The van der Waals surface area contributed by atoms with Gasteiger partial charge in [0.25, 0.3) is 0 Å². The highest BCUT2D eigenvalue weighted by Crippen LogP contribution is 2.41. The lowest BCUT2D eigenvalue weighted by molar-refractivity contribution is -0.344. The van der Waals surface area contributed by atoms with Crippen molar-refractivity contribution < 1.29 is 27.4 Å². The minimum absolute atomic E-state index is 0.158. The summed E-state index contributed by atoms with van der Waals surface area (Å²) in [6.07, 6.45) is 1.42. The molecule has 0 aromatic carbocycles. The van der Waals surface area contributed by atoms with Gasteiger partial charge < -0.3 is 19.3 Å². The number of piperidine rings is 1. The van der Waals surface area contributed by atoms with E-state index in [2.05, 4.69) is 25.7 Å². The molecule has 0 N–H and O–H groups in total. The van der Waals surface area contributed by atoms with Crippen molar-refractivity contribution in [2.75, 3.05) is 36.2 Å². The Kier molecular flexibility index (Phi) is 6.99. The van der Waals surface area contributed by atoms with E-state index in [9.17, 15) is 18.4 Å². The van der Waals surface area contributed by atoms with Crippen LogP contribution in [0.4, 0.5) is 24.7 Å². The number of hydrogen-bond donors (Lipinski definition) is 0. The van der Waals surface area contributed by atoms with Crippen molar-refractivity contribution in [1.29, 1.82) is 5.26 Å². The van der Waals surface area contributed by atoms with Crippen molar-refractivity contribution in [1.82, 2.24) is 24.5 Å². The molecule has 42 heavy (non-hydrogen) atoms. The fourth-order valence-electron chi connectivity index (χ4n) is 7.00. The number of ether oxygens (including phenoxy) is 3. The normalized spacial score (nSPS) is 28.4. The third kappa shape index (κ3) is 4.97. The fourth-order valence-corrected chi connectivity index (χ4v) is 7.00. The van der Waals surface area contributed by atoms with Gasteiger partial charge >= 0.3 is 6.36 Å². The average molecular weight is 587 g/mol. The molecule has 7 rings (SSSR count). The molecule has 0 amide bonds. The third-order valence-electron chi connectivity index (χ3n) is 8.91. The van der Waals surface area contributed by atoms with Crippen molar-refractivity contribution in [3.8, 4) is 11.9 Å². The number of pyridine rings is 1. The Morgan fingerprint density at radius 3 is 2.57 bits per heavy atom. The number of fused-ring (bicyclic) bond motifs is 3. The summed E-state index contributed by atoms with van der Waals surface area (Å²) in [5, 5.41) is 20.2. The smallest absolute Gasteiger partial charge is 0.377 e. The van der Waals surface area contributed by atoms with Gasteiger partial charge in [0.15, 0.2) is 17.2 Å². The van der Waals surface area contributed by atoms with Crippen LogP contribution in [0.2, 0.25) is 0 Å². The maximum atomic E-state index is 13.0. The van der Waals surface area contributed by atoms with Crippen molar-refractivity contribution in [3.63, 3.8) is 0 Å². The number of aromatic nitrogens is 5. The largest absolute Gasteiger partial charge is 0.522 e. The lowest BCUT2D eigenvalue weighted by atomic mass is 9.99. The van der Waals surface area contributed by atoms with Crippen LogP contribution in [0.25, 0.3) is 16.9 Å². The Balaban J connectivity index is 1.33. The van der Waals surface area contributed by atoms with Gasteiger partial charge in [0, 0.05) is 37.5 Å². The van der Waals surface area contributed by atoms with E-state index in [4.69, 9.17) is 19.6 Å². The SMILES string of the molecule is C[C@@H]1CC(OC(F)(F)F)CCN1c1cc(N2C3CCC2COC3)nc2c1c(C#N)nn2-c1ccn(C2CCCCO2)n1. The standard InChI is InChI=1S/C28H33F3N8O3/c1-17-12-20(42-28(29,30)31)7-9-36(17)22-13-24(38-18-5-6-19(38)16-40-15-18)33-27-26(22)21(14-32)34-39(27)23-8-10-37(35-23)25-4-2-3-11-41-25/h8,10,13,17-20,25H,2-7,9,11-12,15-16H2,1H3/t17-,18?,19?,20?,25?/m1/s1. The summed E-state index contributed by atoms with van der Waals surface area (Å²) in [6, 6.07) is 6.12. The van der Waals surface area contributed by atoms with Crippen LogP contribution in [0.1, 0.15) is 63.8 Å². The molecule has 4 aliphatic rings. The van der Waals surface area contributed by atoms with E-state index in [0.29, 0.717) is 43.2 Å². The molecule has 4 saturated heterocycles. The second-order valence-corrected chi connectivity index (χ2v) is 11.6. The van der Waals surface area contributed by atoms with Crippen LogP contribution in [0.5, 0.6) is 0 Å². The monoisotopic (exact) mass is 586 g/mol. The van der Waals surface area contributed by atoms with Crippen LogP contribution in [-0.2, 0) is 14.2 Å². The molecule has 7 heterocycles. The average Bonchev–Trinajstić information content (AvgIpc) is 3.66. The Hall–Kier alpha value is -3.41. The van der Waals surface area contributed by atoms with E-state index in [0.717, 1.165) is 43.6 Å². The molecular formula is C28H33F3N8O3. The van der Waals surface area contributed by atoms with Crippen LogP contribution in [0.15, 0.2) is 18.3 Å². The van der Waals surface area contributed by atoms with E-state index in [1.807, 2.05) is 25.3 Å². The number of nitriles is 1. The van der Waals surface area contributed by atoms with Gasteiger partial charge in [-0.3, -0.25) is 4.74 Å². The van der Waals surface area contributed by atoms with Crippen LogP contribution < -0.4 is 9.80 Å². The lowest BCUT2D eigenvalue weighted by Gasteiger charge is -2.40. The first-order valence-electron chi connectivity index (χ1n) is 14.7. The Morgan fingerprint density at radius 1 is 1.07 bits per heavy atom. The zero-order chi connectivity index (χ0) is 29.0. The molecule has 5 atom stereocenters. The first-order valence-corrected chi connectivity index (χ1v) is 14.7. The topological polar surface area (TPSA) is 106 Å². The predicted octanol–water partition coefficient (Wildman–Crippen LogP) is 4.45. The molecular weight excluding hydrogens is 553 g/mol. The molecule has 4 unspecified atom stereocenters. The number of hydrogen-bond acceptors (Lipinski definition) is 9. The number of anilines is 2. The van der Waals surface area contributed by atoms with E-state index < -0.39 is 12.5 Å². The highest BCUT2D eigenvalue weighted by atomic mass is 19.4. The number of morpholine rings is 1. The summed E-state index contributed by atoms with van der Waals surface area (Å²) >= 11 is 0. The molecule has 224 valence electrons. The van der Waals surface area contributed by atoms with Gasteiger partial charge in [-0.15, -0.1) is 13.2 Å². The summed E-state index contributed by atoms with van der Waals surface area (Å²) in [5.41, 5.74) is 1.41. The zero-order valence-corrected chi connectivity index (χ0v) is 23.3. The predicted molar refractivity (Wildman–Crippen MR) is 145 cm³/mol. The molecule has 0 spiro atoms. The molecule has 0 radical (unpaired) electrons. The van der Waals surface area contributed by atoms with Gasteiger partial charge in [0.05, 0.1) is 42.5 Å². The second-order valence-electron chi connectivity index (χ2n) is 11.6. The van der Waals surface area contributed by atoms with E-state index in [1.54, 1.807) is 9.36 Å². The highest BCUT2D eigenvalue weighted by molar-refractivity contribution is 5.96. The van der Waals surface area contributed by atoms with Crippen molar-refractivity contribution in [2.24, 2.45) is 0 Å². The summed E-state index contributed by atoms with van der Waals surface area (Å²) in [4.78, 5) is 9.45. The number of rotatable bonds is 5. The molecule has 4 fully saturated rings. The maximum absolute atomic E-state index is 13.0. The minimum atomic E-state index is -4.68. The Bertz CT molecular complexity index is 1480. The number of nitrogens with zero attached hydrogens (tertiary/aromatic N) is 8. The van der Waals surface area contributed by atoms with Gasteiger partial charge in [-0.2, -0.15) is 20.1 Å². The molecule has 14 heteroatoms. The molecule has 3 aromatic heterocycles. The first-order chi connectivity index (χ1) is 20.3. The summed E-state index contributed by atoms with van der Waals surface area (Å²) in [6.45, 7) is 4.12. The molecule has 11 nitrogen and oxygen atoms in total. The number of alkyl halides is 3. The summed E-state index contributed by atoms with van der Waals surface area (Å²) in [5.74, 6) is 1.26. The van der Waals surface area contributed by atoms with Gasteiger partial charge in [-0.25, -0.2) is 9.67 Å². The Labute approximate surface area is 240 Å². The van der Waals surface area contributed by atoms with Crippen LogP contribution in [-0.4, -0.2) is 81.5 Å². The van der Waals surface area contributed by atoms with Gasteiger partial charge in [0.2, 0.25) is 0 Å². The van der Waals surface area contributed by atoms with Crippen LogP contribution in [0, 0.1) is 11.3 Å². The minimum Gasteiger partial charge on any atom is -0.377 e. The quantitative estimate of drug-likeness (QED) is 0.429. The van der Waals surface area contributed by atoms with Gasteiger partial charge in [-0.1, -0.05) is 0 Å². The van der Waals surface area contributed by atoms with Crippen molar-refractivity contribution in [2.45, 2.75) is 88.7 Å². The molecule has 2 bridgehead atoms.